The smallest absolute Gasteiger partial charge is 0.382 e. The molecule has 136 valence electrons. The maximum absolute atomic E-state index is 14.2. The largest absolute Gasteiger partial charge is 0.508 e. The Labute approximate surface area is 143 Å². The van der Waals surface area contributed by atoms with Gasteiger partial charge in [-0.05, 0) is 32.3 Å². The van der Waals surface area contributed by atoms with Crippen molar-refractivity contribution >= 4 is 5.97 Å². The van der Waals surface area contributed by atoms with Gasteiger partial charge in [-0.3, -0.25) is 0 Å². The molecule has 8 heteroatoms. The molecule has 1 aromatic carbocycles. The molecule has 0 fully saturated rings. The van der Waals surface area contributed by atoms with Crippen LogP contribution in [0.4, 0.5) is 8.78 Å². The number of carbonyl (C=O) groups is 1. The lowest BCUT2D eigenvalue weighted by atomic mass is 9.85. The third kappa shape index (κ3) is 4.52. The average molecular weight is 355 g/mol. The highest BCUT2D eigenvalue weighted by atomic mass is 19.3. The van der Waals surface area contributed by atoms with Crippen LogP contribution in [0.25, 0.3) is 0 Å². The zero-order valence-electron chi connectivity index (χ0n) is 13.7. The SMILES string of the molecule is CC1=CC(c2ccc(C(F)(F)C(=O)OCCON=O)cc2O)CCC1. The van der Waals surface area contributed by atoms with Crippen LogP contribution in [-0.2, 0) is 20.3 Å². The topological polar surface area (TPSA) is 85.2 Å². The number of benzene rings is 1. The second-order valence-corrected chi connectivity index (χ2v) is 5.90. The monoisotopic (exact) mass is 355 g/mol. The van der Waals surface area contributed by atoms with Gasteiger partial charge in [0, 0.05) is 17.0 Å². The first-order chi connectivity index (χ1) is 11.9. The Morgan fingerprint density at radius 3 is 2.80 bits per heavy atom. The molecule has 1 aromatic rings. The predicted molar refractivity (Wildman–Crippen MR) is 85.1 cm³/mol. The van der Waals surface area contributed by atoms with E-state index in [-0.39, 0.29) is 11.7 Å². The molecule has 25 heavy (non-hydrogen) atoms. The van der Waals surface area contributed by atoms with Crippen LogP contribution in [0, 0.1) is 4.91 Å². The summed E-state index contributed by atoms with van der Waals surface area (Å²) in [6.07, 6.45) is 4.80. The van der Waals surface area contributed by atoms with Crippen LogP contribution < -0.4 is 0 Å². The number of halogens is 2. The summed E-state index contributed by atoms with van der Waals surface area (Å²) >= 11 is 0. The molecule has 0 heterocycles. The highest BCUT2D eigenvalue weighted by Crippen LogP contribution is 2.39. The lowest BCUT2D eigenvalue weighted by Gasteiger charge is -2.22. The summed E-state index contributed by atoms with van der Waals surface area (Å²) in [5.74, 6) is -6.03. The predicted octanol–water partition coefficient (Wildman–Crippen LogP) is 3.94. The molecule has 0 bridgehead atoms. The number of aromatic hydroxyl groups is 1. The summed E-state index contributed by atoms with van der Waals surface area (Å²) in [5, 5.41) is 12.2. The zero-order chi connectivity index (χ0) is 18.4. The van der Waals surface area contributed by atoms with Gasteiger partial charge in [-0.2, -0.15) is 8.78 Å². The van der Waals surface area contributed by atoms with Gasteiger partial charge >= 0.3 is 11.9 Å². The maximum Gasteiger partial charge on any atom is 0.382 e. The van der Waals surface area contributed by atoms with Crippen molar-refractivity contribution < 1.29 is 28.3 Å². The van der Waals surface area contributed by atoms with Crippen molar-refractivity contribution in [2.24, 2.45) is 5.34 Å². The first-order valence-corrected chi connectivity index (χ1v) is 7.86. The van der Waals surface area contributed by atoms with E-state index in [1.54, 1.807) is 0 Å². The average Bonchev–Trinajstić information content (AvgIpc) is 2.58. The third-order valence-corrected chi connectivity index (χ3v) is 4.08. The van der Waals surface area contributed by atoms with Gasteiger partial charge in [-0.1, -0.05) is 23.8 Å². The number of alkyl halides is 2. The summed E-state index contributed by atoms with van der Waals surface area (Å²) in [4.78, 5) is 25.3. The summed E-state index contributed by atoms with van der Waals surface area (Å²) in [7, 11) is 0. The Morgan fingerprint density at radius 2 is 2.16 bits per heavy atom. The van der Waals surface area contributed by atoms with Crippen LogP contribution in [0.5, 0.6) is 5.75 Å². The molecule has 2 rings (SSSR count). The molecule has 0 aliphatic heterocycles. The quantitative estimate of drug-likeness (QED) is 0.263. The fraction of sp³-hybridized carbons (Fsp3) is 0.471. The minimum Gasteiger partial charge on any atom is -0.508 e. The van der Waals surface area contributed by atoms with E-state index >= 15 is 0 Å². The molecular weight excluding hydrogens is 336 g/mol. The van der Waals surface area contributed by atoms with Crippen molar-refractivity contribution in [1.82, 2.24) is 0 Å². The molecule has 0 saturated carbocycles. The number of esters is 1. The molecule has 0 saturated heterocycles. The Kier molecular flexibility index (Phi) is 6.06. The highest BCUT2D eigenvalue weighted by Gasteiger charge is 2.43. The zero-order valence-corrected chi connectivity index (χ0v) is 13.7. The van der Waals surface area contributed by atoms with Crippen molar-refractivity contribution in [1.29, 1.82) is 0 Å². The van der Waals surface area contributed by atoms with Crippen LogP contribution in [0.1, 0.15) is 43.2 Å². The first-order valence-electron chi connectivity index (χ1n) is 7.86. The number of rotatable bonds is 7. The minimum atomic E-state index is -3.93. The molecule has 0 radical (unpaired) electrons. The maximum atomic E-state index is 14.2. The van der Waals surface area contributed by atoms with Gasteiger partial charge in [-0.15, -0.1) is 4.91 Å². The van der Waals surface area contributed by atoms with E-state index in [1.165, 1.54) is 11.6 Å². The fourth-order valence-corrected chi connectivity index (χ4v) is 2.83. The Bertz CT molecular complexity index is 675. The van der Waals surface area contributed by atoms with Gasteiger partial charge in [0.25, 0.3) is 0 Å². The molecular formula is C17H19F2NO5. The van der Waals surface area contributed by atoms with Crippen molar-refractivity contribution in [3.8, 4) is 5.75 Å². The van der Waals surface area contributed by atoms with E-state index in [4.69, 9.17) is 0 Å². The van der Waals surface area contributed by atoms with Crippen molar-refractivity contribution in [3.05, 3.63) is 45.9 Å². The standard InChI is InChI=1S/C17H19F2NO5/c1-11-3-2-4-12(9-11)14-6-5-13(10-15(14)21)17(18,19)16(22)24-7-8-25-20-23/h5-6,9-10,12,21H,2-4,7-8H2,1H3. The van der Waals surface area contributed by atoms with Crippen LogP contribution in [-0.4, -0.2) is 24.3 Å². The molecule has 0 amide bonds. The number of nitrogens with zero attached hydrogens (tertiary/aromatic N) is 1. The van der Waals surface area contributed by atoms with Crippen molar-refractivity contribution in [3.63, 3.8) is 0 Å². The number of hydrogen-bond acceptors (Lipinski definition) is 6. The van der Waals surface area contributed by atoms with E-state index in [1.807, 2.05) is 13.0 Å². The van der Waals surface area contributed by atoms with E-state index in [2.05, 4.69) is 14.9 Å². The Hall–Kier alpha value is -2.51. The normalized spacial score (nSPS) is 17.6. The lowest BCUT2D eigenvalue weighted by molar-refractivity contribution is -0.175. The molecule has 6 nitrogen and oxygen atoms in total. The second-order valence-electron chi connectivity index (χ2n) is 5.90. The molecule has 1 unspecified atom stereocenters. The van der Waals surface area contributed by atoms with Crippen LogP contribution >= 0.6 is 0 Å². The van der Waals surface area contributed by atoms with E-state index in [9.17, 15) is 23.6 Å². The molecule has 1 aliphatic carbocycles. The van der Waals surface area contributed by atoms with Gasteiger partial charge in [-0.25, -0.2) is 4.79 Å². The number of ether oxygens (including phenoxy) is 1. The van der Waals surface area contributed by atoms with Gasteiger partial charge in [0.2, 0.25) is 0 Å². The number of allylic oxidation sites excluding steroid dienone is 2. The van der Waals surface area contributed by atoms with Crippen LogP contribution in [0.15, 0.2) is 35.2 Å². The number of phenols is 1. The molecule has 1 N–H and O–H groups in total. The summed E-state index contributed by atoms with van der Waals surface area (Å²) in [6.45, 7) is 1.05. The van der Waals surface area contributed by atoms with Crippen molar-refractivity contribution in [2.75, 3.05) is 13.2 Å². The van der Waals surface area contributed by atoms with E-state index in [0.29, 0.717) is 5.56 Å². The molecule has 0 spiro atoms. The van der Waals surface area contributed by atoms with E-state index < -0.39 is 30.7 Å². The van der Waals surface area contributed by atoms with Gasteiger partial charge in [0.1, 0.15) is 12.4 Å². The number of phenolic OH excluding ortho intramolecular Hbond substituents is 1. The summed E-state index contributed by atoms with van der Waals surface area (Å²) in [5.41, 5.74) is 1.09. The molecule has 0 aromatic heterocycles. The summed E-state index contributed by atoms with van der Waals surface area (Å²) < 4.78 is 32.7. The Morgan fingerprint density at radius 1 is 1.40 bits per heavy atom. The van der Waals surface area contributed by atoms with Crippen molar-refractivity contribution in [2.45, 2.75) is 38.0 Å². The van der Waals surface area contributed by atoms with Crippen LogP contribution in [0.3, 0.4) is 0 Å². The third-order valence-electron chi connectivity index (χ3n) is 4.08. The van der Waals surface area contributed by atoms with Gasteiger partial charge in [0.15, 0.2) is 11.9 Å². The Balaban J connectivity index is 2.13. The fourth-order valence-electron chi connectivity index (χ4n) is 2.83. The first kappa shape index (κ1) is 18.8. The molecule has 1 atom stereocenters. The second kappa shape index (κ2) is 8.04. The van der Waals surface area contributed by atoms with Gasteiger partial charge < -0.3 is 14.7 Å². The number of hydrogen-bond donors (Lipinski definition) is 1. The van der Waals surface area contributed by atoms with E-state index in [0.717, 1.165) is 31.4 Å². The lowest BCUT2D eigenvalue weighted by Crippen LogP contribution is -2.29. The highest BCUT2D eigenvalue weighted by molar-refractivity contribution is 5.79. The summed E-state index contributed by atoms with van der Waals surface area (Å²) in [6, 6.07) is 3.40. The molecule has 1 aliphatic rings. The number of carbonyl (C=O) groups excluding carboxylic acids is 1. The van der Waals surface area contributed by atoms with Gasteiger partial charge in [0.05, 0.1) is 0 Å². The van der Waals surface area contributed by atoms with Crippen LogP contribution in [0.2, 0.25) is 0 Å². The minimum absolute atomic E-state index is 0.0311.